The molecule has 4 unspecified atom stereocenters. The van der Waals surface area contributed by atoms with Gasteiger partial charge in [0.05, 0.1) is 6.10 Å². The van der Waals surface area contributed by atoms with Crippen LogP contribution in [0.5, 0.6) is 0 Å². The van der Waals surface area contributed by atoms with Gasteiger partial charge in [0, 0.05) is 10.7 Å². The molecule has 26 heavy (non-hydrogen) atoms. The zero-order valence-electron chi connectivity index (χ0n) is 14.4. The van der Waals surface area contributed by atoms with Gasteiger partial charge in [0.1, 0.15) is 18.5 Å². The molecular formula is C22H23BrO3. The van der Waals surface area contributed by atoms with E-state index in [4.69, 9.17) is 4.74 Å². The lowest BCUT2D eigenvalue weighted by Gasteiger charge is -2.35. The summed E-state index contributed by atoms with van der Waals surface area (Å²) >= 11 is 3.80. The molecule has 0 radical (unpaired) electrons. The molecule has 0 saturated heterocycles. The molecule has 2 aromatic carbocycles. The van der Waals surface area contributed by atoms with Crippen molar-refractivity contribution in [3.63, 3.8) is 0 Å². The van der Waals surface area contributed by atoms with Crippen molar-refractivity contribution in [1.82, 2.24) is 0 Å². The van der Waals surface area contributed by atoms with Gasteiger partial charge in [-0.15, -0.1) is 0 Å². The summed E-state index contributed by atoms with van der Waals surface area (Å²) in [6.07, 6.45) is 1.77. The number of ether oxygens (including phenoxy) is 1. The van der Waals surface area contributed by atoms with Crippen LogP contribution in [0.2, 0.25) is 0 Å². The first-order chi connectivity index (χ1) is 12.7. The van der Waals surface area contributed by atoms with Crippen molar-refractivity contribution in [3.8, 4) is 0 Å². The maximum Gasteiger partial charge on any atom is 0.123 e. The quantitative estimate of drug-likeness (QED) is 0.560. The fourth-order valence-electron chi connectivity index (χ4n) is 4.59. The zero-order chi connectivity index (χ0) is 18.1. The fraction of sp³-hybridized carbons (Fsp3) is 0.409. The summed E-state index contributed by atoms with van der Waals surface area (Å²) in [5, 5.41) is 11.1. The van der Waals surface area contributed by atoms with Crippen LogP contribution >= 0.6 is 15.9 Å². The molecule has 0 spiro atoms. The van der Waals surface area contributed by atoms with Crippen LogP contribution in [0.1, 0.15) is 36.2 Å². The normalized spacial score (nSPS) is 32.3. The van der Waals surface area contributed by atoms with Gasteiger partial charge in [-0.3, -0.25) is 0 Å². The van der Waals surface area contributed by atoms with Crippen LogP contribution in [0, 0.1) is 17.8 Å². The van der Waals surface area contributed by atoms with Crippen LogP contribution in [-0.4, -0.2) is 22.3 Å². The first-order valence-electron chi connectivity index (χ1n) is 9.22. The third-order valence-electron chi connectivity index (χ3n) is 5.92. The van der Waals surface area contributed by atoms with E-state index < -0.39 is 12.2 Å². The molecule has 2 saturated carbocycles. The van der Waals surface area contributed by atoms with E-state index in [2.05, 4.69) is 15.9 Å². The Balaban J connectivity index is 1.63. The maximum absolute atomic E-state index is 11.4. The highest BCUT2D eigenvalue weighted by Gasteiger charge is 2.53. The molecule has 2 aliphatic rings. The lowest BCUT2D eigenvalue weighted by atomic mass is 9.87. The number of alkyl halides is 1. The highest BCUT2D eigenvalue weighted by Crippen LogP contribution is 2.53. The Kier molecular flexibility index (Phi) is 5.25. The largest absolute Gasteiger partial charge is 0.385 e. The topological polar surface area (TPSA) is 46.5 Å². The number of aldehydes is 1. The third-order valence-corrected chi connectivity index (χ3v) is 7.19. The summed E-state index contributed by atoms with van der Waals surface area (Å²) in [4.78, 5) is 11.7. The number of carbonyl (C=O) groups excluding carboxylic acids is 1. The number of fused-ring (bicyclic) bond motifs is 2. The molecule has 2 aliphatic carbocycles. The predicted octanol–water partition coefficient (Wildman–Crippen LogP) is 4.46. The number of carbonyl (C=O) groups is 1. The third kappa shape index (κ3) is 3.26. The minimum atomic E-state index is -0.757. The van der Waals surface area contributed by atoms with E-state index in [0.29, 0.717) is 5.92 Å². The minimum absolute atomic E-state index is 0.0625. The van der Waals surface area contributed by atoms with Gasteiger partial charge in [0.15, 0.2) is 0 Å². The monoisotopic (exact) mass is 414 g/mol. The number of rotatable bonds is 6. The molecule has 4 heteroatoms. The van der Waals surface area contributed by atoms with Crippen molar-refractivity contribution in [2.24, 2.45) is 17.8 Å². The Labute approximate surface area is 162 Å². The van der Waals surface area contributed by atoms with Crippen LogP contribution < -0.4 is 0 Å². The second kappa shape index (κ2) is 7.63. The predicted molar refractivity (Wildman–Crippen MR) is 104 cm³/mol. The van der Waals surface area contributed by atoms with E-state index in [1.807, 2.05) is 60.7 Å². The van der Waals surface area contributed by atoms with Crippen molar-refractivity contribution in [1.29, 1.82) is 0 Å². The average Bonchev–Trinajstić information content (AvgIpc) is 3.25. The minimum Gasteiger partial charge on any atom is -0.385 e. The molecule has 0 aromatic heterocycles. The summed E-state index contributed by atoms with van der Waals surface area (Å²) in [6.45, 7) is 0. The van der Waals surface area contributed by atoms with Gasteiger partial charge in [-0.1, -0.05) is 76.6 Å². The molecule has 3 nitrogen and oxygen atoms in total. The number of halogens is 1. The van der Waals surface area contributed by atoms with Crippen LogP contribution in [0.3, 0.4) is 0 Å². The van der Waals surface area contributed by atoms with Gasteiger partial charge in [-0.2, -0.15) is 0 Å². The molecule has 136 valence electrons. The summed E-state index contributed by atoms with van der Waals surface area (Å²) in [5.41, 5.74) is 1.79. The Morgan fingerprint density at radius 3 is 2.19 bits per heavy atom. The molecule has 0 heterocycles. The van der Waals surface area contributed by atoms with E-state index in [0.717, 1.165) is 30.3 Å². The Bertz CT molecular complexity index is 736. The van der Waals surface area contributed by atoms with Crippen molar-refractivity contribution >= 4 is 22.2 Å². The standard InChI is InChI=1S/C22H23BrO3/c23-19-16-11-17(13-24)18(12-16)22(19)26-21(15-9-5-2-6-10-15)20(25)14-7-3-1-4-8-14/h1-10,13,16-22,25H,11-12H2/t16?,17-,18?,19?,20+,21+,22?/m1/s1. The maximum atomic E-state index is 11.4. The van der Waals surface area contributed by atoms with Crippen molar-refractivity contribution in [2.45, 2.75) is 36.0 Å². The molecule has 1 N–H and O–H groups in total. The molecule has 4 rings (SSSR count). The molecular weight excluding hydrogens is 392 g/mol. The zero-order valence-corrected chi connectivity index (χ0v) is 16.0. The SMILES string of the molecule is O=C[C@H]1CC2CC1C(O[C@@H](c1ccccc1)[C@@H](O)c1ccccc1)C2Br. The lowest BCUT2D eigenvalue weighted by Crippen LogP contribution is -2.38. The molecule has 2 fully saturated rings. The lowest BCUT2D eigenvalue weighted by molar-refractivity contribution is -0.122. The van der Waals surface area contributed by atoms with Gasteiger partial charge < -0.3 is 14.6 Å². The summed E-state index contributed by atoms with van der Waals surface area (Å²) in [7, 11) is 0. The van der Waals surface area contributed by atoms with Gasteiger partial charge in [0.25, 0.3) is 0 Å². The van der Waals surface area contributed by atoms with Crippen LogP contribution in [0.25, 0.3) is 0 Å². The van der Waals surface area contributed by atoms with Gasteiger partial charge in [0.2, 0.25) is 0 Å². The second-order valence-electron chi connectivity index (χ2n) is 7.43. The van der Waals surface area contributed by atoms with E-state index in [1.54, 1.807) is 0 Å². The van der Waals surface area contributed by atoms with Crippen molar-refractivity contribution in [2.75, 3.05) is 0 Å². The number of hydrogen-bond acceptors (Lipinski definition) is 3. The highest BCUT2D eigenvalue weighted by atomic mass is 79.9. The van der Waals surface area contributed by atoms with Crippen LogP contribution in [0.4, 0.5) is 0 Å². The van der Waals surface area contributed by atoms with Gasteiger partial charge in [-0.25, -0.2) is 0 Å². The number of hydrogen-bond donors (Lipinski definition) is 1. The highest BCUT2D eigenvalue weighted by molar-refractivity contribution is 9.09. The number of aliphatic hydroxyl groups excluding tert-OH is 1. The first-order valence-corrected chi connectivity index (χ1v) is 10.1. The molecule has 0 aliphatic heterocycles. The number of aliphatic hydroxyl groups is 1. The summed E-state index contributed by atoms with van der Waals surface area (Å²) < 4.78 is 6.54. The molecule has 0 amide bonds. The van der Waals surface area contributed by atoms with Crippen LogP contribution in [0.15, 0.2) is 60.7 Å². The van der Waals surface area contributed by atoms with E-state index >= 15 is 0 Å². The Morgan fingerprint density at radius 2 is 1.62 bits per heavy atom. The summed E-state index contributed by atoms with van der Waals surface area (Å²) in [6, 6.07) is 19.5. The first kappa shape index (κ1) is 17.9. The van der Waals surface area contributed by atoms with Gasteiger partial charge >= 0.3 is 0 Å². The smallest absolute Gasteiger partial charge is 0.123 e. The van der Waals surface area contributed by atoms with Gasteiger partial charge in [-0.05, 0) is 35.8 Å². The van der Waals surface area contributed by atoms with Crippen molar-refractivity contribution < 1.29 is 14.6 Å². The van der Waals surface area contributed by atoms with E-state index in [1.165, 1.54) is 0 Å². The van der Waals surface area contributed by atoms with Crippen molar-refractivity contribution in [3.05, 3.63) is 71.8 Å². The van der Waals surface area contributed by atoms with E-state index in [9.17, 15) is 9.90 Å². The Morgan fingerprint density at radius 1 is 1.00 bits per heavy atom. The second-order valence-corrected chi connectivity index (χ2v) is 8.48. The molecule has 2 bridgehead atoms. The summed E-state index contributed by atoms with van der Waals surface area (Å²) in [5.74, 6) is 0.783. The molecule has 7 atom stereocenters. The van der Waals surface area contributed by atoms with E-state index in [-0.39, 0.29) is 22.8 Å². The average molecular weight is 415 g/mol. The molecule has 2 aromatic rings. The van der Waals surface area contributed by atoms with Crippen LogP contribution in [-0.2, 0) is 9.53 Å². The number of benzene rings is 2. The Hall–Kier alpha value is -1.49. The fourth-order valence-corrected chi connectivity index (χ4v) is 5.54.